The highest BCUT2D eigenvalue weighted by Crippen LogP contribution is 2.36. The second-order valence-corrected chi connectivity index (χ2v) is 12.3. The first-order valence-corrected chi connectivity index (χ1v) is 15.5. The molecular weight excluding hydrogens is 562 g/mol. The van der Waals surface area contributed by atoms with Crippen LogP contribution in [0.1, 0.15) is 43.7 Å². The van der Waals surface area contributed by atoms with Crippen LogP contribution in [-0.4, -0.2) is 96.1 Å². The van der Waals surface area contributed by atoms with Crippen molar-refractivity contribution in [3.8, 4) is 5.75 Å². The van der Waals surface area contributed by atoms with E-state index in [-0.39, 0.29) is 17.9 Å². The highest BCUT2D eigenvalue weighted by Gasteiger charge is 2.39. The molecule has 1 spiro atoms. The number of hydrogen-bond donors (Lipinski definition) is 4. The van der Waals surface area contributed by atoms with Crippen molar-refractivity contribution in [1.82, 2.24) is 25.8 Å². The lowest BCUT2D eigenvalue weighted by Gasteiger charge is -2.42. The molecule has 2 aromatic rings. The fourth-order valence-electron chi connectivity index (χ4n) is 6.53. The summed E-state index contributed by atoms with van der Waals surface area (Å²) in [5, 5.41) is 18.5. The molecule has 2 saturated heterocycles. The van der Waals surface area contributed by atoms with Crippen molar-refractivity contribution in [2.45, 2.75) is 63.7 Å². The zero-order valence-corrected chi connectivity index (χ0v) is 25.3. The molecule has 11 heteroatoms. The van der Waals surface area contributed by atoms with Crippen LogP contribution in [0.4, 0.5) is 0 Å². The summed E-state index contributed by atoms with van der Waals surface area (Å²) in [6.45, 7) is 4.05. The first-order chi connectivity index (χ1) is 21.2. The summed E-state index contributed by atoms with van der Waals surface area (Å²) < 4.78 is 5.81. The Bertz CT molecular complexity index is 1330. The van der Waals surface area contributed by atoms with Gasteiger partial charge in [-0.2, -0.15) is 0 Å². The minimum Gasteiger partial charge on any atom is -0.484 e. The molecule has 5 rings (SSSR count). The number of hydrogen-bond acceptors (Lipinski definition) is 7. The first-order valence-electron chi connectivity index (χ1n) is 15.5. The summed E-state index contributed by atoms with van der Waals surface area (Å²) >= 11 is 0. The standard InChI is InChI=1S/C33H43N5O6/c1-23-32(43)38-14-6-11-28(38)31(42)36-27(20-39)30(41)34-22-33(12-15-37(16-13-33)19-24-7-3-2-4-8-24)18-25-9-5-10-26(17-25)44-21-29(40)35-23/h2-5,7-10,17,23,27-28,39H,6,11-16,18-22H2,1H3,(H,34,41)(H,35,40)(H,36,42)/t23-,27-,28-/m0/s1. The van der Waals surface area contributed by atoms with Gasteiger partial charge < -0.3 is 30.7 Å². The number of ether oxygens (including phenoxy) is 1. The Morgan fingerprint density at radius 3 is 2.48 bits per heavy atom. The normalized spacial score (nSPS) is 25.5. The van der Waals surface area contributed by atoms with Gasteiger partial charge in [0, 0.05) is 19.6 Å². The summed E-state index contributed by atoms with van der Waals surface area (Å²) in [5.41, 5.74) is 2.00. The van der Waals surface area contributed by atoms with Crippen molar-refractivity contribution < 1.29 is 29.0 Å². The molecule has 3 atom stereocenters. The van der Waals surface area contributed by atoms with Crippen molar-refractivity contribution in [3.05, 3.63) is 65.7 Å². The molecule has 0 radical (unpaired) electrons. The average Bonchev–Trinajstić information content (AvgIpc) is 3.53. The molecule has 0 aliphatic carbocycles. The number of likely N-dealkylation sites (tertiary alicyclic amines) is 1. The van der Waals surface area contributed by atoms with Crippen LogP contribution in [0.3, 0.4) is 0 Å². The minimum absolute atomic E-state index is 0.251. The Balaban J connectivity index is 1.37. The summed E-state index contributed by atoms with van der Waals surface area (Å²) in [6.07, 6.45) is 3.39. The van der Waals surface area contributed by atoms with E-state index in [1.54, 1.807) is 13.0 Å². The predicted molar refractivity (Wildman–Crippen MR) is 163 cm³/mol. The summed E-state index contributed by atoms with van der Waals surface area (Å²) in [4.78, 5) is 56.3. The van der Waals surface area contributed by atoms with E-state index in [2.05, 4.69) is 33.0 Å². The molecule has 2 bridgehead atoms. The smallest absolute Gasteiger partial charge is 0.258 e. The Labute approximate surface area is 258 Å². The van der Waals surface area contributed by atoms with Crippen LogP contribution >= 0.6 is 0 Å². The van der Waals surface area contributed by atoms with Crippen molar-refractivity contribution in [3.63, 3.8) is 0 Å². The second-order valence-electron chi connectivity index (χ2n) is 12.3. The molecule has 0 aromatic heterocycles. The van der Waals surface area contributed by atoms with E-state index in [9.17, 15) is 24.3 Å². The third kappa shape index (κ3) is 7.75. The van der Waals surface area contributed by atoms with Gasteiger partial charge >= 0.3 is 0 Å². The third-order valence-corrected chi connectivity index (χ3v) is 9.05. The van der Waals surface area contributed by atoms with Gasteiger partial charge in [0.15, 0.2) is 6.61 Å². The number of fused-ring (bicyclic) bond motifs is 3. The van der Waals surface area contributed by atoms with E-state index >= 15 is 0 Å². The van der Waals surface area contributed by atoms with Crippen molar-refractivity contribution in [1.29, 1.82) is 0 Å². The van der Waals surface area contributed by atoms with E-state index in [0.717, 1.165) is 38.0 Å². The Morgan fingerprint density at radius 1 is 0.955 bits per heavy atom. The van der Waals surface area contributed by atoms with Gasteiger partial charge in [-0.1, -0.05) is 42.5 Å². The zero-order chi connectivity index (χ0) is 31.1. The SMILES string of the molecule is C[C@@H]1NC(=O)COc2cccc(c2)CC2(CCN(Cc3ccccc3)CC2)CNC(=O)[C@H](CO)NC(=O)[C@@H]2CCCN2C1=O. The van der Waals surface area contributed by atoms with Gasteiger partial charge in [-0.15, -0.1) is 0 Å². The van der Waals surface area contributed by atoms with Crippen molar-refractivity contribution in [2.75, 3.05) is 39.4 Å². The monoisotopic (exact) mass is 605 g/mol. The molecule has 3 heterocycles. The van der Waals surface area contributed by atoms with Crippen LogP contribution < -0.4 is 20.7 Å². The highest BCUT2D eigenvalue weighted by molar-refractivity contribution is 5.94. The molecule has 44 heavy (non-hydrogen) atoms. The number of piperidine rings is 1. The van der Waals surface area contributed by atoms with Gasteiger partial charge in [0.1, 0.15) is 23.9 Å². The fourth-order valence-corrected chi connectivity index (χ4v) is 6.53. The van der Waals surface area contributed by atoms with Gasteiger partial charge in [-0.25, -0.2) is 0 Å². The molecular formula is C33H43N5O6. The Hall–Kier alpha value is -3.96. The first kappa shape index (κ1) is 31.5. The van der Waals surface area contributed by atoms with E-state index in [0.29, 0.717) is 38.1 Å². The molecule has 2 aromatic carbocycles. The van der Waals surface area contributed by atoms with Crippen LogP contribution in [0.25, 0.3) is 0 Å². The summed E-state index contributed by atoms with van der Waals surface area (Å²) in [7, 11) is 0. The van der Waals surface area contributed by atoms with Crippen LogP contribution in [0.2, 0.25) is 0 Å². The molecule has 236 valence electrons. The number of carbonyl (C=O) groups is 4. The maximum absolute atomic E-state index is 13.3. The number of nitrogens with zero attached hydrogens (tertiary/aromatic N) is 2. The number of aliphatic hydroxyl groups excluding tert-OH is 1. The average molecular weight is 606 g/mol. The third-order valence-electron chi connectivity index (χ3n) is 9.05. The lowest BCUT2D eigenvalue weighted by molar-refractivity contribution is -0.142. The van der Waals surface area contributed by atoms with Crippen LogP contribution in [0, 0.1) is 5.41 Å². The number of benzene rings is 2. The molecule has 4 amide bonds. The zero-order valence-electron chi connectivity index (χ0n) is 25.3. The maximum Gasteiger partial charge on any atom is 0.258 e. The van der Waals surface area contributed by atoms with Crippen LogP contribution in [0.15, 0.2) is 54.6 Å². The van der Waals surface area contributed by atoms with Gasteiger partial charge in [0.05, 0.1) is 6.61 Å². The van der Waals surface area contributed by atoms with Crippen LogP contribution in [0.5, 0.6) is 5.75 Å². The Kier molecular flexibility index (Phi) is 10.2. The largest absolute Gasteiger partial charge is 0.484 e. The van der Waals surface area contributed by atoms with Crippen LogP contribution in [-0.2, 0) is 32.1 Å². The molecule has 3 aliphatic heterocycles. The molecule has 0 unspecified atom stereocenters. The fraction of sp³-hybridized carbons (Fsp3) is 0.515. The van der Waals surface area contributed by atoms with Gasteiger partial charge in [-0.05, 0) is 80.8 Å². The minimum atomic E-state index is -1.15. The molecule has 0 saturated carbocycles. The van der Waals surface area contributed by atoms with Gasteiger partial charge in [0.25, 0.3) is 5.91 Å². The van der Waals surface area contributed by atoms with E-state index in [1.807, 2.05) is 36.4 Å². The quantitative estimate of drug-likeness (QED) is 0.409. The van der Waals surface area contributed by atoms with Gasteiger partial charge in [0.2, 0.25) is 17.7 Å². The lowest BCUT2D eigenvalue weighted by Crippen LogP contribution is -2.57. The van der Waals surface area contributed by atoms with E-state index in [4.69, 9.17) is 4.74 Å². The Morgan fingerprint density at radius 2 is 1.73 bits per heavy atom. The number of nitrogens with one attached hydrogen (secondary N) is 3. The van der Waals surface area contributed by atoms with Crippen molar-refractivity contribution in [2.24, 2.45) is 5.41 Å². The van der Waals surface area contributed by atoms with Crippen molar-refractivity contribution >= 4 is 23.6 Å². The topological polar surface area (TPSA) is 140 Å². The molecule has 3 aliphatic rings. The molecule has 4 N–H and O–H groups in total. The van der Waals surface area contributed by atoms with E-state index < -0.39 is 42.5 Å². The summed E-state index contributed by atoms with van der Waals surface area (Å²) in [5.74, 6) is -1.23. The highest BCUT2D eigenvalue weighted by atomic mass is 16.5. The van der Waals surface area contributed by atoms with E-state index in [1.165, 1.54) is 10.5 Å². The van der Waals surface area contributed by atoms with Gasteiger partial charge in [-0.3, -0.25) is 24.1 Å². The molecule has 2 fully saturated rings. The maximum atomic E-state index is 13.3. The summed E-state index contributed by atoms with van der Waals surface area (Å²) in [6, 6.07) is 15.2. The predicted octanol–water partition coefficient (Wildman–Crippen LogP) is 0.993. The number of rotatable bonds is 3. The lowest BCUT2D eigenvalue weighted by atomic mass is 9.73. The number of aliphatic hydroxyl groups is 1. The number of carbonyl (C=O) groups excluding carboxylic acids is 4. The number of amides is 4. The second kappa shape index (κ2) is 14.2. The molecule has 11 nitrogen and oxygen atoms in total.